The maximum atomic E-state index is 12.6. The lowest BCUT2D eigenvalue weighted by atomic mass is 9.99. The van der Waals surface area contributed by atoms with Gasteiger partial charge in [0.05, 0.1) is 24.2 Å². The maximum Gasteiger partial charge on any atom is 0.243 e. The summed E-state index contributed by atoms with van der Waals surface area (Å²) in [5.41, 5.74) is -1.46. The van der Waals surface area contributed by atoms with Gasteiger partial charge in [-0.25, -0.2) is 8.42 Å². The minimum Gasteiger partial charge on any atom is -0.389 e. The molecule has 0 amide bonds. The molecule has 128 valence electrons. The molecule has 1 aromatic carbocycles. The molecule has 0 unspecified atom stereocenters. The number of aliphatic hydroxyl groups is 2. The lowest BCUT2D eigenvalue weighted by molar-refractivity contribution is -0.0758. The first kappa shape index (κ1) is 16.8. The predicted molar refractivity (Wildman–Crippen MR) is 83.4 cm³/mol. The van der Waals surface area contributed by atoms with Crippen LogP contribution in [0.5, 0.6) is 0 Å². The number of hydrogen-bond acceptors (Lipinski definition) is 6. The third-order valence-corrected chi connectivity index (χ3v) is 6.25. The van der Waals surface area contributed by atoms with Gasteiger partial charge >= 0.3 is 0 Å². The van der Waals surface area contributed by atoms with E-state index < -0.39 is 21.7 Å². The Balaban J connectivity index is 1.75. The number of morpholine rings is 1. The zero-order chi connectivity index (χ0) is 16.5. The first-order valence-corrected chi connectivity index (χ1v) is 9.12. The van der Waals surface area contributed by atoms with E-state index in [-0.39, 0.29) is 24.5 Å². The van der Waals surface area contributed by atoms with Gasteiger partial charge < -0.3 is 14.9 Å². The number of rotatable bonds is 4. The van der Waals surface area contributed by atoms with Gasteiger partial charge in [-0.05, 0) is 12.1 Å². The average Bonchev–Trinajstić information content (AvgIpc) is 2.85. The fraction of sp³-hybridized carbons (Fsp3) is 0.600. The molecule has 0 aromatic heterocycles. The summed E-state index contributed by atoms with van der Waals surface area (Å²) in [5, 5.41) is 21.0. The highest BCUT2D eigenvalue weighted by Crippen LogP contribution is 2.28. The van der Waals surface area contributed by atoms with E-state index in [2.05, 4.69) is 0 Å². The van der Waals surface area contributed by atoms with Gasteiger partial charge in [0.15, 0.2) is 0 Å². The second-order valence-corrected chi connectivity index (χ2v) is 8.06. The first-order valence-electron chi connectivity index (χ1n) is 7.68. The normalized spacial score (nSPS) is 30.6. The van der Waals surface area contributed by atoms with Crippen LogP contribution in [0.3, 0.4) is 0 Å². The number of aliphatic hydroxyl groups excluding tert-OH is 1. The van der Waals surface area contributed by atoms with E-state index in [0.717, 1.165) is 4.31 Å². The van der Waals surface area contributed by atoms with E-state index in [1.165, 1.54) is 12.1 Å². The fourth-order valence-electron chi connectivity index (χ4n) is 3.06. The molecule has 2 aliphatic heterocycles. The third-order valence-electron chi connectivity index (χ3n) is 4.43. The molecule has 8 heteroatoms. The van der Waals surface area contributed by atoms with Gasteiger partial charge in [0.25, 0.3) is 0 Å². The van der Waals surface area contributed by atoms with Crippen molar-refractivity contribution in [2.24, 2.45) is 0 Å². The van der Waals surface area contributed by atoms with Crippen molar-refractivity contribution in [2.45, 2.75) is 16.6 Å². The molecule has 0 aliphatic carbocycles. The lowest BCUT2D eigenvalue weighted by Crippen LogP contribution is -2.53. The highest BCUT2D eigenvalue weighted by Gasteiger charge is 2.49. The van der Waals surface area contributed by atoms with E-state index in [1.807, 2.05) is 4.90 Å². The molecule has 2 saturated heterocycles. The smallest absolute Gasteiger partial charge is 0.243 e. The number of β-amino-alcohol motifs (C(OH)–C–C–N with tert-alkyl or cyclic N) is 2. The molecule has 2 heterocycles. The quantitative estimate of drug-likeness (QED) is 0.738. The second kappa shape index (κ2) is 6.46. The molecule has 23 heavy (non-hydrogen) atoms. The van der Waals surface area contributed by atoms with Crippen molar-refractivity contribution >= 4 is 10.0 Å². The second-order valence-electron chi connectivity index (χ2n) is 6.12. The van der Waals surface area contributed by atoms with Gasteiger partial charge in [-0.15, -0.1) is 0 Å². The van der Waals surface area contributed by atoms with Crippen molar-refractivity contribution in [3.05, 3.63) is 30.3 Å². The topological polar surface area (TPSA) is 90.3 Å². The summed E-state index contributed by atoms with van der Waals surface area (Å²) in [5.74, 6) is 0. The van der Waals surface area contributed by atoms with E-state index >= 15 is 0 Å². The van der Waals surface area contributed by atoms with Crippen molar-refractivity contribution in [3.8, 4) is 0 Å². The first-order chi connectivity index (χ1) is 10.9. The van der Waals surface area contributed by atoms with Crippen molar-refractivity contribution in [1.29, 1.82) is 0 Å². The number of ether oxygens (including phenoxy) is 1. The zero-order valence-corrected chi connectivity index (χ0v) is 13.7. The van der Waals surface area contributed by atoms with Crippen LogP contribution < -0.4 is 0 Å². The van der Waals surface area contributed by atoms with Crippen LogP contribution in [0.1, 0.15) is 0 Å². The molecule has 0 saturated carbocycles. The Labute approximate surface area is 136 Å². The summed E-state index contributed by atoms with van der Waals surface area (Å²) in [6, 6.07) is 8.08. The van der Waals surface area contributed by atoms with Crippen molar-refractivity contribution in [2.75, 3.05) is 45.9 Å². The molecule has 2 atom stereocenters. The summed E-state index contributed by atoms with van der Waals surface area (Å²) in [7, 11) is -3.71. The Morgan fingerprint density at radius 3 is 2.52 bits per heavy atom. The van der Waals surface area contributed by atoms with Crippen LogP contribution in [0.15, 0.2) is 35.2 Å². The Bertz CT molecular complexity index is 633. The van der Waals surface area contributed by atoms with Gasteiger partial charge in [0, 0.05) is 32.7 Å². The largest absolute Gasteiger partial charge is 0.389 e. The van der Waals surface area contributed by atoms with E-state index in [9.17, 15) is 18.6 Å². The molecule has 0 bridgehead atoms. The summed E-state index contributed by atoms with van der Waals surface area (Å²) in [4.78, 5) is 2.16. The number of sulfonamides is 1. The Kier molecular flexibility index (Phi) is 4.73. The molecule has 2 fully saturated rings. The van der Waals surface area contributed by atoms with Crippen molar-refractivity contribution < 1.29 is 23.4 Å². The van der Waals surface area contributed by atoms with Crippen molar-refractivity contribution in [3.63, 3.8) is 0 Å². The highest BCUT2D eigenvalue weighted by molar-refractivity contribution is 7.89. The van der Waals surface area contributed by atoms with E-state index in [0.29, 0.717) is 26.3 Å². The summed E-state index contributed by atoms with van der Waals surface area (Å²) in [6.45, 7) is 2.52. The van der Waals surface area contributed by atoms with Crippen molar-refractivity contribution in [1.82, 2.24) is 9.21 Å². The summed E-state index contributed by atoms with van der Waals surface area (Å²) < 4.78 is 31.7. The molecular weight excluding hydrogens is 320 g/mol. The number of benzene rings is 1. The number of nitrogens with zero attached hydrogens (tertiary/aromatic N) is 2. The zero-order valence-electron chi connectivity index (χ0n) is 12.8. The minimum absolute atomic E-state index is 0.0991. The van der Waals surface area contributed by atoms with Crippen LogP contribution in [0.25, 0.3) is 0 Å². The average molecular weight is 342 g/mol. The van der Waals surface area contributed by atoms with Crippen LogP contribution in [-0.2, 0) is 14.8 Å². The van der Waals surface area contributed by atoms with Gasteiger partial charge in [-0.3, -0.25) is 4.90 Å². The molecule has 7 nitrogen and oxygen atoms in total. The molecule has 3 rings (SSSR count). The lowest BCUT2D eigenvalue weighted by Gasteiger charge is -2.35. The van der Waals surface area contributed by atoms with Gasteiger partial charge in [0.2, 0.25) is 10.0 Å². The van der Waals surface area contributed by atoms with E-state index in [4.69, 9.17) is 4.74 Å². The molecule has 0 radical (unpaired) electrons. The monoisotopic (exact) mass is 342 g/mol. The van der Waals surface area contributed by atoms with Gasteiger partial charge in [0.1, 0.15) is 5.60 Å². The molecule has 0 spiro atoms. The van der Waals surface area contributed by atoms with E-state index in [1.54, 1.807) is 18.2 Å². The fourth-order valence-corrected chi connectivity index (χ4v) is 4.59. The summed E-state index contributed by atoms with van der Waals surface area (Å²) in [6.07, 6.45) is -1.11. The maximum absolute atomic E-state index is 12.6. The van der Waals surface area contributed by atoms with Crippen LogP contribution in [0.4, 0.5) is 0 Å². The molecule has 2 N–H and O–H groups in total. The molecular formula is C15H22N2O5S. The Morgan fingerprint density at radius 1 is 1.22 bits per heavy atom. The van der Waals surface area contributed by atoms with Crippen LogP contribution in [0.2, 0.25) is 0 Å². The van der Waals surface area contributed by atoms with Crippen LogP contribution in [-0.4, -0.2) is 85.5 Å². The predicted octanol–water partition coefficient (Wildman–Crippen LogP) is -0.885. The third kappa shape index (κ3) is 3.42. The number of hydrogen-bond donors (Lipinski definition) is 2. The van der Waals surface area contributed by atoms with Crippen LogP contribution >= 0.6 is 0 Å². The minimum atomic E-state index is -3.71. The van der Waals surface area contributed by atoms with Gasteiger partial charge in [-0.1, -0.05) is 18.2 Å². The Morgan fingerprint density at radius 2 is 1.87 bits per heavy atom. The summed E-state index contributed by atoms with van der Waals surface area (Å²) >= 11 is 0. The molecule has 1 aromatic rings. The SMILES string of the molecule is O=S(=O)(c1ccccc1)N1C[C@@H](O)[C@](O)(CN2CCOCC2)C1. The standard InChI is InChI=1S/C15H22N2O5S/c18-14-10-17(23(20,21)13-4-2-1-3-5-13)12-15(14,19)11-16-6-8-22-9-7-16/h1-5,14,18-19H,6-12H2/t14-,15+/m1/s1. The van der Waals surface area contributed by atoms with Crippen LogP contribution in [0, 0.1) is 0 Å². The van der Waals surface area contributed by atoms with Gasteiger partial charge in [-0.2, -0.15) is 4.31 Å². The highest BCUT2D eigenvalue weighted by atomic mass is 32.2. The Hall–Kier alpha value is -1.03. The molecule has 2 aliphatic rings.